The third-order valence-electron chi connectivity index (χ3n) is 14.1. The number of aliphatic carboxylic acids is 1. The van der Waals surface area contributed by atoms with Crippen LogP contribution in [0.4, 0.5) is 0 Å². The number of hydrogen-bond donors (Lipinski definition) is 17. The molecule has 11 atom stereocenters. The number of carbonyl (C=O) groups excluding carboxylic acids is 9. The molecule has 0 spiro atoms. The SMILES string of the molecule is CCC(C)[C@H](NC(=O)[C@H](CCCN=C(N)N)NC(=O)CNC(=O)[C@@H](NC(=O)[C@@H](NC(=O)[C@H](Cc1cnc[nH]1)NC(=O)[C@H](Cc1cccc2ccccc12)NC(=O)[C@H](C)NC(=O)[C@@H](N)CCCN=C(N)N)[C@@H](C)O)[C@@H](C)O)C(=O)N(CC(=O)O)C1CC1. The highest BCUT2D eigenvalue weighted by atomic mass is 16.4. The maximum atomic E-state index is 14.6. The van der Waals surface area contributed by atoms with Gasteiger partial charge in [0.05, 0.1) is 31.1 Å². The summed E-state index contributed by atoms with van der Waals surface area (Å²) in [7, 11) is 0. The first-order valence-corrected chi connectivity index (χ1v) is 28.3. The number of nitrogens with one attached hydrogen (secondary N) is 9. The molecule has 1 fully saturated rings. The minimum atomic E-state index is -1.86. The third-order valence-corrected chi connectivity index (χ3v) is 14.1. The van der Waals surface area contributed by atoms with Crippen LogP contribution in [0, 0.1) is 5.92 Å². The van der Waals surface area contributed by atoms with Gasteiger partial charge in [0, 0.05) is 43.9 Å². The second kappa shape index (κ2) is 34.1. The van der Waals surface area contributed by atoms with E-state index >= 15 is 0 Å². The van der Waals surface area contributed by atoms with Gasteiger partial charge >= 0.3 is 5.97 Å². The van der Waals surface area contributed by atoms with E-state index in [0.29, 0.717) is 36.9 Å². The van der Waals surface area contributed by atoms with Gasteiger partial charge in [-0.3, -0.25) is 57.9 Å². The number of rotatable bonds is 36. The summed E-state index contributed by atoms with van der Waals surface area (Å²) in [5.74, 6) is -10.1. The van der Waals surface area contributed by atoms with Crippen molar-refractivity contribution in [2.75, 3.05) is 26.2 Å². The van der Waals surface area contributed by atoms with Crippen molar-refractivity contribution in [3.8, 4) is 0 Å². The van der Waals surface area contributed by atoms with Gasteiger partial charge in [0.25, 0.3) is 0 Å². The van der Waals surface area contributed by atoms with Gasteiger partial charge in [-0.2, -0.15) is 0 Å². The van der Waals surface area contributed by atoms with Crippen molar-refractivity contribution in [3.63, 3.8) is 0 Å². The van der Waals surface area contributed by atoms with Crippen molar-refractivity contribution in [1.82, 2.24) is 57.4 Å². The average molecular weight is 1210 g/mol. The van der Waals surface area contributed by atoms with Crippen molar-refractivity contribution in [2.45, 2.75) is 159 Å². The summed E-state index contributed by atoms with van der Waals surface area (Å²) in [5, 5.41) is 52.9. The normalized spacial score (nSPS) is 15.8. The molecule has 0 bridgehead atoms. The van der Waals surface area contributed by atoms with Crippen LogP contribution in [0.15, 0.2) is 65.0 Å². The maximum Gasteiger partial charge on any atom is 0.323 e. The molecule has 86 heavy (non-hydrogen) atoms. The third kappa shape index (κ3) is 22.6. The molecule has 4 rings (SSSR count). The number of aliphatic hydroxyl groups excluding tert-OH is 2. The zero-order valence-corrected chi connectivity index (χ0v) is 48.9. The molecule has 3 aromatic rings. The number of aromatic amines is 1. The van der Waals surface area contributed by atoms with Crippen LogP contribution in [-0.2, 0) is 60.8 Å². The molecule has 1 aliphatic carbocycles. The van der Waals surface area contributed by atoms with Crippen LogP contribution < -0.4 is 71.2 Å². The molecule has 1 aliphatic rings. The lowest BCUT2D eigenvalue weighted by molar-refractivity contribution is -0.147. The van der Waals surface area contributed by atoms with Crippen LogP contribution in [0.2, 0.25) is 0 Å². The predicted octanol–water partition coefficient (Wildman–Crippen LogP) is -4.80. The first kappa shape index (κ1) is 69.5. The molecule has 1 aromatic heterocycles. The minimum Gasteiger partial charge on any atom is -0.480 e. The van der Waals surface area contributed by atoms with E-state index in [4.69, 9.17) is 28.7 Å². The molecule has 31 heteroatoms. The van der Waals surface area contributed by atoms with Crippen LogP contribution in [-0.4, -0.2) is 194 Å². The van der Waals surface area contributed by atoms with Gasteiger partial charge in [0.1, 0.15) is 48.8 Å². The molecule has 1 unspecified atom stereocenters. The number of fused-ring (bicyclic) bond motifs is 1. The number of H-pyrrole nitrogens is 1. The van der Waals surface area contributed by atoms with Crippen molar-refractivity contribution in [2.24, 2.45) is 44.6 Å². The van der Waals surface area contributed by atoms with Crippen molar-refractivity contribution < 1.29 is 63.3 Å². The quantitative estimate of drug-likeness (QED) is 0.0148. The summed E-state index contributed by atoms with van der Waals surface area (Å²) in [6, 6.07) is 0.953. The number of imidazole rings is 1. The summed E-state index contributed by atoms with van der Waals surface area (Å²) in [5.41, 5.74) is 28.7. The van der Waals surface area contributed by atoms with E-state index in [1.807, 2.05) is 24.3 Å². The Morgan fingerprint density at radius 2 is 1.22 bits per heavy atom. The Kier molecular flexibility index (Phi) is 27.6. The van der Waals surface area contributed by atoms with Crippen molar-refractivity contribution in [1.29, 1.82) is 0 Å². The van der Waals surface area contributed by atoms with E-state index in [0.717, 1.165) is 24.6 Å². The van der Waals surface area contributed by atoms with Crippen molar-refractivity contribution in [3.05, 3.63) is 66.2 Å². The number of carboxylic acid groups (broad SMARTS) is 1. The molecule has 31 nitrogen and oxygen atoms in total. The predicted molar refractivity (Wildman–Crippen MR) is 315 cm³/mol. The highest BCUT2D eigenvalue weighted by molar-refractivity contribution is 5.99. The fourth-order valence-electron chi connectivity index (χ4n) is 8.97. The number of aliphatic hydroxyl groups is 2. The summed E-state index contributed by atoms with van der Waals surface area (Å²) in [6.45, 7) is 6.02. The molecule has 2 aromatic carbocycles. The van der Waals surface area contributed by atoms with Gasteiger partial charge in [-0.1, -0.05) is 62.7 Å². The molecule has 9 amide bonds. The van der Waals surface area contributed by atoms with E-state index < -0.39 is 139 Å². The Bertz CT molecular complexity index is 2870. The number of hydrogen-bond acceptors (Lipinski definition) is 16. The Morgan fingerprint density at radius 3 is 1.81 bits per heavy atom. The highest BCUT2D eigenvalue weighted by Gasteiger charge is 2.41. The van der Waals surface area contributed by atoms with Crippen LogP contribution in [0.1, 0.15) is 90.8 Å². The van der Waals surface area contributed by atoms with Crippen LogP contribution >= 0.6 is 0 Å². The summed E-state index contributed by atoms with van der Waals surface area (Å²) < 4.78 is 0. The van der Waals surface area contributed by atoms with Gasteiger partial charge in [0.15, 0.2) is 11.9 Å². The van der Waals surface area contributed by atoms with Gasteiger partial charge in [-0.05, 0) is 81.5 Å². The van der Waals surface area contributed by atoms with Crippen molar-refractivity contribution >= 4 is 81.8 Å². The van der Waals surface area contributed by atoms with Gasteiger partial charge < -0.3 is 96.4 Å². The van der Waals surface area contributed by atoms with Gasteiger partial charge in [-0.25, -0.2) is 4.98 Å². The average Bonchev–Trinajstić information content (AvgIpc) is 2.35. The summed E-state index contributed by atoms with van der Waals surface area (Å²) in [6.07, 6.45) is 1.16. The number of amides is 9. The van der Waals surface area contributed by atoms with Crippen LogP contribution in [0.3, 0.4) is 0 Å². The summed E-state index contributed by atoms with van der Waals surface area (Å²) >= 11 is 0. The monoisotopic (exact) mass is 1200 g/mol. The van der Waals surface area contributed by atoms with E-state index in [1.54, 1.807) is 32.0 Å². The number of aliphatic imine (C=N–C) groups is 2. The number of carboxylic acids is 1. The Morgan fingerprint density at radius 1 is 0.663 bits per heavy atom. The second-order valence-electron chi connectivity index (χ2n) is 21.2. The number of benzene rings is 2. The minimum absolute atomic E-state index is 0.0437. The lowest BCUT2D eigenvalue weighted by Crippen LogP contribution is -2.63. The smallest absolute Gasteiger partial charge is 0.323 e. The molecular formula is C55H84N18O13. The fourth-order valence-corrected chi connectivity index (χ4v) is 8.97. The van der Waals surface area contributed by atoms with E-state index in [-0.39, 0.29) is 63.2 Å². The Balaban J connectivity index is 1.51. The summed E-state index contributed by atoms with van der Waals surface area (Å²) in [4.78, 5) is 152. The standard InChI is InChI=1S/C55H84N18O13/c1-6-28(2)43(53(86)73(26-42(77)78)35-18-19-35)70-48(81)38(17-11-21-63-55(59)60)67-41(76)25-64-51(84)44(30(4)74)72-52(85)45(31(5)75)71-50(83)40(23-34-24-61-27-65-34)69-49(82)39(22-33-14-9-13-32-12-7-8-15-36(32)33)68-46(79)29(3)66-47(80)37(56)16-10-20-62-54(57)58/h7-9,12-15,24,27-31,35,37-40,43-45,74-75H,6,10-11,16-23,25-26,56H2,1-5H3,(H,61,65)(H,64,84)(H,66,80)(H,67,76)(H,68,79)(H,69,82)(H,70,81)(H,71,83)(H,72,85)(H,77,78)(H4,57,58,62)(H4,59,60,63)/t28?,29-,30+,31+,37-,38-,39-,40-,43-,44-,45-/m0/s1. The first-order valence-electron chi connectivity index (χ1n) is 28.3. The number of carbonyl (C=O) groups is 10. The highest BCUT2D eigenvalue weighted by Crippen LogP contribution is 2.28. The molecular weight excluding hydrogens is 1120 g/mol. The second-order valence-corrected chi connectivity index (χ2v) is 21.2. The molecule has 1 saturated carbocycles. The maximum absolute atomic E-state index is 14.6. The molecule has 1 heterocycles. The van der Waals surface area contributed by atoms with E-state index in [2.05, 4.69) is 62.5 Å². The molecule has 0 radical (unpaired) electrons. The van der Waals surface area contributed by atoms with Gasteiger partial charge in [-0.15, -0.1) is 0 Å². The molecule has 22 N–H and O–H groups in total. The fraction of sp³-hybridized carbons (Fsp3) is 0.545. The zero-order valence-electron chi connectivity index (χ0n) is 48.9. The van der Waals surface area contributed by atoms with Gasteiger partial charge in [0.2, 0.25) is 53.2 Å². The number of guanidine groups is 2. The largest absolute Gasteiger partial charge is 0.480 e. The Labute approximate surface area is 497 Å². The lowest BCUT2D eigenvalue weighted by atomic mass is 9.96. The molecule has 0 saturated heterocycles. The van der Waals surface area contributed by atoms with E-state index in [1.165, 1.54) is 24.3 Å². The molecule has 0 aliphatic heterocycles. The van der Waals surface area contributed by atoms with E-state index in [9.17, 15) is 63.3 Å². The zero-order chi connectivity index (χ0) is 63.8. The number of nitrogens with zero attached hydrogens (tertiary/aromatic N) is 4. The molecule has 472 valence electrons. The number of aromatic nitrogens is 2. The number of nitrogens with two attached hydrogens (primary N) is 5. The lowest BCUT2D eigenvalue weighted by Gasteiger charge is -2.31. The topological polar surface area (TPSA) is 514 Å². The van der Waals surface area contributed by atoms with Crippen LogP contribution in [0.25, 0.3) is 10.8 Å². The first-order chi connectivity index (χ1) is 40.7. The Hall–Kier alpha value is -8.97. The van der Waals surface area contributed by atoms with Crippen LogP contribution in [0.5, 0.6) is 0 Å².